The van der Waals surface area contributed by atoms with Crippen molar-refractivity contribution in [2.45, 2.75) is 41.0 Å². The first kappa shape index (κ1) is 13.5. The van der Waals surface area contributed by atoms with E-state index >= 15 is 0 Å². The normalized spacial score (nSPS) is 13.1. The first-order valence-electron chi connectivity index (χ1n) is 5.47. The van der Waals surface area contributed by atoms with Crippen LogP contribution in [0.25, 0.3) is 0 Å². The van der Waals surface area contributed by atoms with Crippen LogP contribution in [-0.2, 0) is 0 Å². The van der Waals surface area contributed by atoms with E-state index < -0.39 is 0 Å². The van der Waals surface area contributed by atoms with Crippen LogP contribution in [0, 0.1) is 5.41 Å². The highest BCUT2D eigenvalue weighted by molar-refractivity contribution is 5.01. The molecule has 1 N–H and O–H groups in total. The molecule has 0 unspecified atom stereocenters. The minimum absolute atomic E-state index is 0.363. The van der Waals surface area contributed by atoms with E-state index in [2.05, 4.69) is 58.0 Å². The van der Waals surface area contributed by atoms with E-state index in [-0.39, 0.29) is 0 Å². The van der Waals surface area contributed by atoms with E-state index in [9.17, 15) is 0 Å². The van der Waals surface area contributed by atoms with Crippen LogP contribution in [0.4, 0.5) is 0 Å². The molecule has 84 valence electrons. The molecular formula is C12H26N2. The summed E-state index contributed by atoms with van der Waals surface area (Å²) in [7, 11) is 2.14. The van der Waals surface area contributed by atoms with Gasteiger partial charge in [0.15, 0.2) is 0 Å². The molecule has 14 heavy (non-hydrogen) atoms. The third-order valence-electron chi connectivity index (χ3n) is 2.13. The van der Waals surface area contributed by atoms with Gasteiger partial charge in [-0.25, -0.2) is 0 Å². The Morgan fingerprint density at radius 3 is 2.29 bits per heavy atom. The van der Waals surface area contributed by atoms with E-state index in [4.69, 9.17) is 0 Å². The monoisotopic (exact) mass is 198 g/mol. The van der Waals surface area contributed by atoms with Gasteiger partial charge in [0.2, 0.25) is 0 Å². The fraction of sp³-hybridized carbons (Fsp3) is 0.833. The Morgan fingerprint density at radius 1 is 1.36 bits per heavy atom. The van der Waals surface area contributed by atoms with Crippen molar-refractivity contribution >= 4 is 0 Å². The lowest BCUT2D eigenvalue weighted by Crippen LogP contribution is -2.31. The van der Waals surface area contributed by atoms with Gasteiger partial charge in [-0.2, -0.15) is 0 Å². The fourth-order valence-electron chi connectivity index (χ4n) is 1.38. The molecule has 0 aliphatic rings. The van der Waals surface area contributed by atoms with E-state index in [1.54, 1.807) is 0 Å². The molecule has 0 amide bonds. The fourth-order valence-corrected chi connectivity index (χ4v) is 1.38. The van der Waals surface area contributed by atoms with Gasteiger partial charge in [-0.1, -0.05) is 33.8 Å². The van der Waals surface area contributed by atoms with Gasteiger partial charge >= 0.3 is 0 Å². The Morgan fingerprint density at radius 2 is 1.93 bits per heavy atom. The molecule has 0 fully saturated rings. The highest BCUT2D eigenvalue weighted by Crippen LogP contribution is 2.24. The maximum Gasteiger partial charge on any atom is 0.0675 e. The molecule has 0 aliphatic carbocycles. The second-order valence-corrected chi connectivity index (χ2v) is 4.98. The molecule has 0 aromatic carbocycles. The van der Waals surface area contributed by atoms with Crippen molar-refractivity contribution in [1.29, 1.82) is 0 Å². The maximum atomic E-state index is 3.33. The largest absolute Gasteiger partial charge is 0.365 e. The molecule has 0 saturated heterocycles. The number of hydrogen-bond acceptors (Lipinski definition) is 2. The number of nitrogens with zero attached hydrogens (tertiary/aromatic N) is 1. The summed E-state index contributed by atoms with van der Waals surface area (Å²) >= 11 is 0. The topological polar surface area (TPSA) is 15.3 Å². The molecule has 0 bridgehead atoms. The third kappa shape index (κ3) is 6.03. The quantitative estimate of drug-likeness (QED) is 0.683. The van der Waals surface area contributed by atoms with Crippen molar-refractivity contribution in [3.05, 3.63) is 11.8 Å². The summed E-state index contributed by atoms with van der Waals surface area (Å²) in [6, 6.07) is 0. The van der Waals surface area contributed by atoms with E-state index in [0.717, 1.165) is 19.6 Å². The molecule has 0 aromatic rings. The van der Waals surface area contributed by atoms with Crippen LogP contribution < -0.4 is 5.32 Å². The Balaban J connectivity index is 4.14. The average Bonchev–Trinajstić information content (AvgIpc) is 2.08. The van der Waals surface area contributed by atoms with Crippen molar-refractivity contribution in [3.8, 4) is 0 Å². The Hall–Kier alpha value is -0.500. The van der Waals surface area contributed by atoms with Crippen molar-refractivity contribution < 1.29 is 0 Å². The number of nitrogens with one attached hydrogen (secondary N) is 1. The average molecular weight is 198 g/mol. The zero-order chi connectivity index (χ0) is 11.2. The molecule has 0 rings (SSSR count). The summed E-state index contributed by atoms with van der Waals surface area (Å²) < 4.78 is 0. The molecule has 0 heterocycles. The van der Waals surface area contributed by atoms with Gasteiger partial charge in [-0.3, -0.25) is 0 Å². The van der Waals surface area contributed by atoms with Crippen LogP contribution in [0.3, 0.4) is 0 Å². The van der Waals surface area contributed by atoms with Gasteiger partial charge in [0.05, 0.1) is 6.67 Å². The van der Waals surface area contributed by atoms with Crippen LogP contribution in [0.5, 0.6) is 0 Å². The van der Waals surface area contributed by atoms with Crippen molar-refractivity contribution in [2.24, 2.45) is 5.41 Å². The summed E-state index contributed by atoms with van der Waals surface area (Å²) in [5.74, 6) is 0. The number of rotatable bonds is 5. The second kappa shape index (κ2) is 6.07. The van der Waals surface area contributed by atoms with Crippen molar-refractivity contribution in [3.63, 3.8) is 0 Å². The minimum atomic E-state index is 0.363. The Labute approximate surface area is 89.4 Å². The molecule has 0 atom stereocenters. The molecule has 0 radical (unpaired) electrons. The third-order valence-corrected chi connectivity index (χ3v) is 2.13. The van der Waals surface area contributed by atoms with E-state index in [0.29, 0.717) is 5.41 Å². The molecule has 0 saturated carbocycles. The van der Waals surface area contributed by atoms with Gasteiger partial charge in [0.1, 0.15) is 0 Å². The first-order chi connectivity index (χ1) is 6.40. The first-order valence-corrected chi connectivity index (χ1v) is 5.47. The molecule has 0 spiro atoms. The predicted molar refractivity (Wildman–Crippen MR) is 64.1 cm³/mol. The SMILES string of the molecule is C/C=C(/CC(C)(C)C)N(C)CNCC. The standard InChI is InChI=1S/C12H26N2/c1-7-11(9-12(3,4)5)14(6)10-13-8-2/h7,13H,8-10H2,1-6H3/b11-7-. The number of allylic oxidation sites excluding steroid dienone is 2. The highest BCUT2D eigenvalue weighted by atomic mass is 15.2. The van der Waals surface area contributed by atoms with Crippen molar-refractivity contribution in [2.75, 3.05) is 20.3 Å². The van der Waals surface area contributed by atoms with Gasteiger partial charge in [-0.15, -0.1) is 0 Å². The highest BCUT2D eigenvalue weighted by Gasteiger charge is 2.14. The summed E-state index contributed by atoms with van der Waals surface area (Å²) in [5.41, 5.74) is 1.78. The zero-order valence-corrected chi connectivity index (χ0v) is 10.6. The van der Waals surface area contributed by atoms with Crippen LogP contribution in [-0.4, -0.2) is 25.2 Å². The summed E-state index contributed by atoms with van der Waals surface area (Å²) in [5, 5.41) is 3.33. The van der Waals surface area contributed by atoms with Gasteiger partial charge in [-0.05, 0) is 25.3 Å². The number of hydrogen-bond donors (Lipinski definition) is 1. The smallest absolute Gasteiger partial charge is 0.0675 e. The predicted octanol–water partition coefficient (Wildman–Crippen LogP) is 2.83. The van der Waals surface area contributed by atoms with Crippen molar-refractivity contribution in [1.82, 2.24) is 10.2 Å². The molecule has 2 heteroatoms. The molecule has 0 aromatic heterocycles. The molecular weight excluding hydrogens is 172 g/mol. The Kier molecular flexibility index (Phi) is 5.86. The van der Waals surface area contributed by atoms with E-state index in [1.165, 1.54) is 5.70 Å². The summed E-state index contributed by atoms with van der Waals surface area (Å²) in [4.78, 5) is 2.29. The second-order valence-electron chi connectivity index (χ2n) is 4.98. The lowest BCUT2D eigenvalue weighted by molar-refractivity contribution is 0.311. The Bertz CT molecular complexity index is 177. The van der Waals surface area contributed by atoms with E-state index in [1.807, 2.05) is 0 Å². The van der Waals surface area contributed by atoms with Gasteiger partial charge in [0.25, 0.3) is 0 Å². The molecule has 2 nitrogen and oxygen atoms in total. The zero-order valence-electron chi connectivity index (χ0n) is 10.6. The van der Waals surface area contributed by atoms with Crippen LogP contribution in [0.2, 0.25) is 0 Å². The summed E-state index contributed by atoms with van der Waals surface area (Å²) in [6.45, 7) is 13.0. The lowest BCUT2D eigenvalue weighted by Gasteiger charge is -2.28. The summed E-state index contributed by atoms with van der Waals surface area (Å²) in [6.07, 6.45) is 3.34. The maximum absolute atomic E-state index is 3.33. The van der Waals surface area contributed by atoms with Gasteiger partial charge < -0.3 is 10.2 Å². The van der Waals surface area contributed by atoms with Crippen LogP contribution in [0.15, 0.2) is 11.8 Å². The van der Waals surface area contributed by atoms with Crippen LogP contribution >= 0.6 is 0 Å². The minimum Gasteiger partial charge on any atom is -0.365 e. The molecule has 0 aliphatic heterocycles. The lowest BCUT2D eigenvalue weighted by atomic mass is 9.90. The van der Waals surface area contributed by atoms with Gasteiger partial charge in [0, 0.05) is 12.7 Å². The van der Waals surface area contributed by atoms with Crippen LogP contribution in [0.1, 0.15) is 41.0 Å².